The Kier molecular flexibility index (Phi) is 3.64. The lowest BCUT2D eigenvalue weighted by Gasteiger charge is -2.39. The average Bonchev–Trinajstić information content (AvgIpc) is 2.93. The zero-order chi connectivity index (χ0) is 14.1. The Morgan fingerprint density at radius 2 is 2.20 bits per heavy atom. The van der Waals surface area contributed by atoms with E-state index in [2.05, 4.69) is 15.9 Å². The van der Waals surface area contributed by atoms with Gasteiger partial charge in [0.1, 0.15) is 0 Å². The van der Waals surface area contributed by atoms with Crippen molar-refractivity contribution < 1.29 is 5.11 Å². The van der Waals surface area contributed by atoms with Crippen LogP contribution in [0.2, 0.25) is 0 Å². The maximum atomic E-state index is 9.97. The Morgan fingerprint density at radius 1 is 1.35 bits per heavy atom. The highest BCUT2D eigenvalue weighted by atomic mass is 16.3. The van der Waals surface area contributed by atoms with E-state index in [4.69, 9.17) is 5.26 Å². The molecule has 1 unspecified atom stereocenters. The first-order valence-corrected chi connectivity index (χ1v) is 7.40. The van der Waals surface area contributed by atoms with Gasteiger partial charge < -0.3 is 10.0 Å². The van der Waals surface area contributed by atoms with Crippen LogP contribution in [-0.2, 0) is 0 Å². The van der Waals surface area contributed by atoms with Gasteiger partial charge in [0.25, 0.3) is 0 Å². The topological polar surface area (TPSA) is 50.5 Å². The molecule has 106 valence electrons. The Hall–Kier alpha value is -1.57. The predicted molar refractivity (Wildman–Crippen MR) is 78.6 cm³/mol. The van der Waals surface area contributed by atoms with Gasteiger partial charge in [-0.3, -0.25) is 4.90 Å². The molecule has 2 aliphatic rings. The molecule has 0 saturated carbocycles. The van der Waals surface area contributed by atoms with Crippen molar-refractivity contribution >= 4 is 5.69 Å². The summed E-state index contributed by atoms with van der Waals surface area (Å²) in [5.74, 6) is 0. The van der Waals surface area contributed by atoms with Crippen LogP contribution in [0.25, 0.3) is 0 Å². The Bertz CT molecular complexity index is 535. The number of piperazine rings is 1. The van der Waals surface area contributed by atoms with Crippen LogP contribution in [-0.4, -0.2) is 42.2 Å². The van der Waals surface area contributed by atoms with Crippen molar-refractivity contribution in [3.63, 3.8) is 0 Å². The molecule has 2 saturated heterocycles. The van der Waals surface area contributed by atoms with E-state index < -0.39 is 6.10 Å². The van der Waals surface area contributed by atoms with Crippen LogP contribution < -0.4 is 4.90 Å². The highest BCUT2D eigenvalue weighted by Gasteiger charge is 2.31. The molecular weight excluding hydrogens is 250 g/mol. The maximum absolute atomic E-state index is 9.97. The summed E-state index contributed by atoms with van der Waals surface area (Å²) in [5, 5.41) is 19.1. The van der Waals surface area contributed by atoms with Gasteiger partial charge in [-0.15, -0.1) is 0 Å². The molecule has 2 heterocycles. The first-order valence-electron chi connectivity index (χ1n) is 7.40. The largest absolute Gasteiger partial charge is 0.389 e. The number of nitrogens with zero attached hydrogens (tertiary/aromatic N) is 3. The molecule has 1 aromatic rings. The van der Waals surface area contributed by atoms with Crippen molar-refractivity contribution in [3.8, 4) is 6.07 Å². The SMILES string of the molecule is C[C@H](O)c1ccc(C#N)cc1N1CCN2CCCC2C1. The van der Waals surface area contributed by atoms with Gasteiger partial charge in [-0.1, -0.05) is 6.07 Å². The zero-order valence-electron chi connectivity index (χ0n) is 11.9. The molecule has 0 aliphatic carbocycles. The molecule has 0 spiro atoms. The second kappa shape index (κ2) is 5.43. The van der Waals surface area contributed by atoms with E-state index in [1.54, 1.807) is 13.0 Å². The molecule has 4 heteroatoms. The fourth-order valence-electron chi connectivity index (χ4n) is 3.45. The molecule has 0 bridgehead atoms. The van der Waals surface area contributed by atoms with Crippen LogP contribution >= 0.6 is 0 Å². The zero-order valence-corrected chi connectivity index (χ0v) is 11.9. The minimum absolute atomic E-state index is 0.501. The number of hydrogen-bond acceptors (Lipinski definition) is 4. The Labute approximate surface area is 120 Å². The Balaban J connectivity index is 1.90. The van der Waals surface area contributed by atoms with Crippen LogP contribution in [0.3, 0.4) is 0 Å². The summed E-state index contributed by atoms with van der Waals surface area (Å²) in [5.41, 5.74) is 2.62. The molecule has 1 N–H and O–H groups in total. The number of benzene rings is 1. The van der Waals surface area contributed by atoms with Crippen molar-refractivity contribution in [1.82, 2.24) is 4.90 Å². The van der Waals surface area contributed by atoms with E-state index >= 15 is 0 Å². The van der Waals surface area contributed by atoms with Gasteiger partial charge in [-0.05, 0) is 38.4 Å². The standard InChI is InChI=1S/C16H21N3O/c1-12(20)15-5-4-13(10-17)9-16(15)19-8-7-18-6-2-3-14(18)11-19/h4-5,9,12,14,20H,2-3,6-8,11H2,1H3/t12-,14?/m0/s1. The van der Waals surface area contributed by atoms with Crippen LogP contribution in [0.5, 0.6) is 0 Å². The van der Waals surface area contributed by atoms with Crippen LogP contribution in [0.1, 0.15) is 37.0 Å². The van der Waals surface area contributed by atoms with Gasteiger partial charge in [0.15, 0.2) is 0 Å². The molecular formula is C16H21N3O. The van der Waals surface area contributed by atoms with Gasteiger partial charge in [0, 0.05) is 36.9 Å². The quantitative estimate of drug-likeness (QED) is 0.892. The molecule has 20 heavy (non-hydrogen) atoms. The third kappa shape index (κ3) is 2.39. The molecule has 2 atom stereocenters. The van der Waals surface area contributed by atoms with Gasteiger partial charge in [-0.25, -0.2) is 0 Å². The number of fused-ring (bicyclic) bond motifs is 1. The molecule has 2 aliphatic heterocycles. The third-order valence-electron chi connectivity index (χ3n) is 4.54. The van der Waals surface area contributed by atoms with Crippen LogP contribution in [0.15, 0.2) is 18.2 Å². The van der Waals surface area contributed by atoms with Crippen LogP contribution in [0.4, 0.5) is 5.69 Å². The number of aliphatic hydroxyl groups excluding tert-OH is 1. The third-order valence-corrected chi connectivity index (χ3v) is 4.54. The molecule has 0 radical (unpaired) electrons. The van der Waals surface area contributed by atoms with Crippen molar-refractivity contribution in [1.29, 1.82) is 5.26 Å². The Morgan fingerprint density at radius 3 is 2.95 bits per heavy atom. The summed E-state index contributed by atoms with van der Waals surface area (Å²) in [6, 6.07) is 8.44. The monoisotopic (exact) mass is 271 g/mol. The molecule has 2 fully saturated rings. The van der Waals surface area contributed by atoms with Crippen molar-refractivity contribution in [2.75, 3.05) is 31.1 Å². The lowest BCUT2D eigenvalue weighted by molar-refractivity contribution is 0.198. The maximum Gasteiger partial charge on any atom is 0.0992 e. The number of rotatable bonds is 2. The van der Waals surface area contributed by atoms with Crippen molar-refractivity contribution in [3.05, 3.63) is 29.3 Å². The summed E-state index contributed by atoms with van der Waals surface area (Å²) < 4.78 is 0. The predicted octanol–water partition coefficient (Wildman–Crippen LogP) is 1.90. The van der Waals surface area contributed by atoms with Crippen LogP contribution in [0, 0.1) is 11.3 Å². The molecule has 0 amide bonds. The average molecular weight is 271 g/mol. The van der Waals surface area contributed by atoms with Crippen molar-refractivity contribution in [2.45, 2.75) is 31.9 Å². The summed E-state index contributed by atoms with van der Waals surface area (Å²) in [7, 11) is 0. The minimum atomic E-state index is -0.501. The normalized spacial score (nSPS) is 24.2. The van der Waals surface area contributed by atoms with Gasteiger partial charge in [0.05, 0.1) is 17.7 Å². The van der Waals surface area contributed by atoms with E-state index in [1.807, 2.05) is 12.1 Å². The first kappa shape index (κ1) is 13.4. The number of nitriles is 1. The number of aliphatic hydroxyl groups is 1. The fraction of sp³-hybridized carbons (Fsp3) is 0.562. The molecule has 1 aromatic carbocycles. The highest BCUT2D eigenvalue weighted by Crippen LogP contribution is 2.31. The lowest BCUT2D eigenvalue weighted by atomic mass is 10.0. The fourth-order valence-corrected chi connectivity index (χ4v) is 3.45. The summed E-state index contributed by atoms with van der Waals surface area (Å²) in [6.45, 7) is 6.08. The second-order valence-corrected chi connectivity index (χ2v) is 5.84. The molecule has 3 rings (SSSR count). The lowest BCUT2D eigenvalue weighted by Crippen LogP contribution is -2.50. The summed E-state index contributed by atoms with van der Waals surface area (Å²) >= 11 is 0. The van der Waals surface area contributed by atoms with Crippen molar-refractivity contribution in [2.24, 2.45) is 0 Å². The second-order valence-electron chi connectivity index (χ2n) is 5.84. The first-order chi connectivity index (χ1) is 9.69. The smallest absolute Gasteiger partial charge is 0.0992 e. The van der Waals surface area contributed by atoms with Gasteiger partial charge >= 0.3 is 0 Å². The summed E-state index contributed by atoms with van der Waals surface area (Å²) in [4.78, 5) is 4.90. The van der Waals surface area contributed by atoms with Gasteiger partial charge in [-0.2, -0.15) is 5.26 Å². The van der Waals surface area contributed by atoms with Gasteiger partial charge in [0.2, 0.25) is 0 Å². The van der Waals surface area contributed by atoms with E-state index in [9.17, 15) is 5.11 Å². The highest BCUT2D eigenvalue weighted by molar-refractivity contribution is 5.59. The van der Waals surface area contributed by atoms with E-state index in [0.717, 1.165) is 30.9 Å². The molecule has 4 nitrogen and oxygen atoms in total. The van der Waals surface area contributed by atoms with E-state index in [-0.39, 0.29) is 0 Å². The van der Waals surface area contributed by atoms with E-state index in [0.29, 0.717) is 11.6 Å². The molecule has 0 aromatic heterocycles. The summed E-state index contributed by atoms with van der Waals surface area (Å²) in [6.07, 6.45) is 2.05. The van der Waals surface area contributed by atoms with E-state index in [1.165, 1.54) is 19.4 Å². The number of hydrogen-bond donors (Lipinski definition) is 1. The minimum Gasteiger partial charge on any atom is -0.389 e. The number of anilines is 1.